The first-order valence-corrected chi connectivity index (χ1v) is 7.98. The van der Waals surface area contributed by atoms with E-state index in [4.69, 9.17) is 12.2 Å². The Labute approximate surface area is 133 Å². The molecule has 0 aliphatic heterocycles. The highest BCUT2D eigenvalue weighted by molar-refractivity contribution is 7.71. The Balaban J connectivity index is 1.37. The van der Waals surface area contributed by atoms with Crippen molar-refractivity contribution >= 4 is 18.1 Å². The van der Waals surface area contributed by atoms with Gasteiger partial charge in [0.1, 0.15) is 0 Å². The Morgan fingerprint density at radius 2 is 2.36 bits per heavy atom. The Morgan fingerprint density at radius 1 is 1.50 bits per heavy atom. The van der Waals surface area contributed by atoms with Crippen LogP contribution in [0, 0.1) is 10.7 Å². The fourth-order valence-corrected chi connectivity index (χ4v) is 3.22. The van der Waals surface area contributed by atoms with Gasteiger partial charge in [-0.15, -0.1) is 0 Å². The summed E-state index contributed by atoms with van der Waals surface area (Å²) in [6.07, 6.45) is 6.77. The molecule has 1 amide bonds. The number of aromatic amines is 1. The van der Waals surface area contributed by atoms with Crippen LogP contribution in [-0.4, -0.2) is 25.7 Å². The fourth-order valence-electron chi connectivity index (χ4n) is 2.92. The monoisotopic (exact) mass is 315 g/mol. The molecule has 2 heterocycles. The lowest BCUT2D eigenvalue weighted by Gasteiger charge is -2.07. The van der Waals surface area contributed by atoms with Crippen LogP contribution >= 0.6 is 12.2 Å². The zero-order chi connectivity index (χ0) is 15.1. The van der Waals surface area contributed by atoms with Gasteiger partial charge in [-0.3, -0.25) is 19.4 Å². The summed E-state index contributed by atoms with van der Waals surface area (Å²) < 4.78 is 2.67. The van der Waals surface area contributed by atoms with Gasteiger partial charge >= 0.3 is 0 Å². The predicted octanol–water partition coefficient (Wildman–Crippen LogP) is 2.09. The van der Waals surface area contributed by atoms with Crippen LogP contribution in [0.2, 0.25) is 0 Å². The lowest BCUT2D eigenvalue weighted by Crippen LogP contribution is -2.26. The lowest BCUT2D eigenvalue weighted by molar-refractivity contribution is -0.122. The van der Waals surface area contributed by atoms with Gasteiger partial charge in [-0.2, -0.15) is 5.10 Å². The van der Waals surface area contributed by atoms with E-state index in [1.807, 2.05) is 22.9 Å². The van der Waals surface area contributed by atoms with E-state index >= 15 is 0 Å². The Morgan fingerprint density at radius 3 is 3.09 bits per heavy atom. The lowest BCUT2D eigenvalue weighted by atomic mass is 10.1. The number of nitrogens with one attached hydrogen (secondary N) is 2. The van der Waals surface area contributed by atoms with Crippen molar-refractivity contribution < 1.29 is 4.79 Å². The van der Waals surface area contributed by atoms with Gasteiger partial charge in [0.2, 0.25) is 5.91 Å². The minimum atomic E-state index is 0.0560. The van der Waals surface area contributed by atoms with Gasteiger partial charge in [0, 0.05) is 24.4 Å². The highest BCUT2D eigenvalue weighted by Crippen LogP contribution is 2.47. The first kappa shape index (κ1) is 13.6. The number of carbonyl (C=O) groups is 1. The molecular formula is C15H17N5OS. The first-order chi connectivity index (χ1) is 10.7. The molecule has 0 radical (unpaired) electrons. The number of H-pyrrole nitrogens is 1. The molecule has 2 atom stereocenters. The van der Waals surface area contributed by atoms with E-state index in [0.717, 1.165) is 30.7 Å². The molecule has 0 unspecified atom stereocenters. The maximum Gasteiger partial charge on any atom is 0.224 e. The molecule has 0 bridgehead atoms. The molecule has 2 aliphatic carbocycles. The van der Waals surface area contributed by atoms with Crippen molar-refractivity contribution in [3.05, 3.63) is 40.7 Å². The molecule has 2 N–H and O–H groups in total. The van der Waals surface area contributed by atoms with E-state index in [1.54, 1.807) is 6.20 Å². The van der Waals surface area contributed by atoms with Crippen molar-refractivity contribution in [1.82, 2.24) is 25.1 Å². The van der Waals surface area contributed by atoms with E-state index in [-0.39, 0.29) is 11.8 Å². The van der Waals surface area contributed by atoms with Crippen LogP contribution in [0.1, 0.15) is 42.6 Å². The third-order valence-corrected chi connectivity index (χ3v) is 4.64. The third kappa shape index (κ3) is 2.56. The summed E-state index contributed by atoms with van der Waals surface area (Å²) in [4.78, 5) is 16.4. The molecule has 22 heavy (non-hydrogen) atoms. The number of amides is 1. The Bertz CT molecular complexity index is 749. The topological polar surface area (TPSA) is 75.6 Å². The third-order valence-electron chi connectivity index (χ3n) is 4.35. The number of pyridine rings is 1. The standard InChI is InChI=1S/C15H17N5OS/c21-14(12-6-11(12)9-2-1-5-16-7-9)17-8-13-18-19-15(22)20(13)10-3-4-10/h1-2,5,7,10-12H,3-4,6,8H2,(H,17,21)(H,19,22)/t11-,12+/m0/s1. The van der Waals surface area contributed by atoms with Crippen LogP contribution in [0.3, 0.4) is 0 Å². The number of hydrogen-bond donors (Lipinski definition) is 2. The first-order valence-electron chi connectivity index (χ1n) is 7.57. The summed E-state index contributed by atoms with van der Waals surface area (Å²) in [5, 5.41) is 10.0. The van der Waals surface area contributed by atoms with Crippen molar-refractivity contribution in [1.29, 1.82) is 0 Å². The van der Waals surface area contributed by atoms with Gasteiger partial charge in [-0.25, -0.2) is 0 Å². The van der Waals surface area contributed by atoms with E-state index in [2.05, 4.69) is 20.5 Å². The molecule has 114 valence electrons. The molecule has 0 spiro atoms. The molecule has 4 rings (SSSR count). The molecule has 2 aromatic rings. The summed E-state index contributed by atoms with van der Waals surface area (Å²) >= 11 is 5.24. The molecule has 2 aliphatic rings. The van der Waals surface area contributed by atoms with E-state index < -0.39 is 0 Å². The molecule has 7 heteroatoms. The van der Waals surface area contributed by atoms with Gasteiger partial charge in [-0.05, 0) is 49.0 Å². The van der Waals surface area contributed by atoms with Gasteiger partial charge in [0.25, 0.3) is 0 Å². The molecule has 2 fully saturated rings. The van der Waals surface area contributed by atoms with Gasteiger partial charge < -0.3 is 5.32 Å². The maximum absolute atomic E-state index is 12.3. The summed E-state index contributed by atoms with van der Waals surface area (Å²) in [6.45, 7) is 0.429. The van der Waals surface area contributed by atoms with E-state index in [0.29, 0.717) is 23.3 Å². The second kappa shape index (κ2) is 5.31. The SMILES string of the molecule is O=C(NCc1n[nH]c(=S)n1C1CC1)[C@@H]1C[C@H]1c1cccnc1. The van der Waals surface area contributed by atoms with Crippen LogP contribution in [0.15, 0.2) is 24.5 Å². The molecule has 0 aromatic carbocycles. The summed E-state index contributed by atoms with van der Waals surface area (Å²) in [6, 6.07) is 4.40. The average molecular weight is 315 g/mol. The smallest absolute Gasteiger partial charge is 0.224 e. The Hall–Kier alpha value is -2.02. The molecule has 6 nitrogen and oxygen atoms in total. The van der Waals surface area contributed by atoms with Crippen LogP contribution in [0.25, 0.3) is 0 Å². The number of rotatable bonds is 5. The van der Waals surface area contributed by atoms with Crippen molar-refractivity contribution in [3.63, 3.8) is 0 Å². The average Bonchev–Trinajstić information content (AvgIpc) is 3.44. The highest BCUT2D eigenvalue weighted by atomic mass is 32.1. The van der Waals surface area contributed by atoms with Crippen molar-refractivity contribution in [2.45, 2.75) is 37.8 Å². The van der Waals surface area contributed by atoms with Gasteiger partial charge in [0.15, 0.2) is 10.6 Å². The van der Waals surface area contributed by atoms with Crippen molar-refractivity contribution in [3.8, 4) is 0 Å². The molecule has 2 saturated carbocycles. The maximum atomic E-state index is 12.3. The number of nitrogens with zero attached hydrogens (tertiary/aromatic N) is 3. The van der Waals surface area contributed by atoms with Crippen molar-refractivity contribution in [2.75, 3.05) is 0 Å². The zero-order valence-electron chi connectivity index (χ0n) is 12.0. The quantitative estimate of drug-likeness (QED) is 0.829. The van der Waals surface area contributed by atoms with Crippen LogP contribution in [0.5, 0.6) is 0 Å². The molecular weight excluding hydrogens is 298 g/mol. The fraction of sp³-hybridized carbons (Fsp3) is 0.467. The minimum Gasteiger partial charge on any atom is -0.349 e. The van der Waals surface area contributed by atoms with E-state index in [1.165, 1.54) is 0 Å². The largest absolute Gasteiger partial charge is 0.349 e. The van der Waals surface area contributed by atoms with Gasteiger partial charge in [-0.1, -0.05) is 6.07 Å². The Kier molecular flexibility index (Phi) is 3.29. The van der Waals surface area contributed by atoms with Gasteiger partial charge in [0.05, 0.1) is 6.54 Å². The van der Waals surface area contributed by atoms with Crippen molar-refractivity contribution in [2.24, 2.45) is 5.92 Å². The summed E-state index contributed by atoms with van der Waals surface area (Å²) in [5.41, 5.74) is 1.14. The van der Waals surface area contributed by atoms with Crippen LogP contribution < -0.4 is 5.32 Å². The van der Waals surface area contributed by atoms with Crippen LogP contribution in [-0.2, 0) is 11.3 Å². The number of hydrogen-bond acceptors (Lipinski definition) is 4. The summed E-state index contributed by atoms with van der Waals surface area (Å²) in [7, 11) is 0. The highest BCUT2D eigenvalue weighted by Gasteiger charge is 2.44. The number of carbonyl (C=O) groups excluding carboxylic acids is 1. The zero-order valence-corrected chi connectivity index (χ0v) is 12.8. The second-order valence-electron chi connectivity index (χ2n) is 6.00. The second-order valence-corrected chi connectivity index (χ2v) is 6.39. The van der Waals surface area contributed by atoms with E-state index in [9.17, 15) is 4.79 Å². The number of aromatic nitrogens is 4. The molecule has 0 saturated heterocycles. The summed E-state index contributed by atoms with van der Waals surface area (Å²) in [5.74, 6) is 1.27. The van der Waals surface area contributed by atoms with Crippen LogP contribution in [0.4, 0.5) is 0 Å². The minimum absolute atomic E-state index is 0.0560. The predicted molar refractivity (Wildman–Crippen MR) is 82.6 cm³/mol. The molecule has 2 aromatic heterocycles. The normalized spacial score (nSPS) is 23.3.